The zero-order chi connectivity index (χ0) is 25.1. The molecule has 36 heavy (non-hydrogen) atoms. The molecule has 0 spiro atoms. The molecule has 3 aromatic rings. The quantitative estimate of drug-likeness (QED) is 0.507. The van der Waals surface area contributed by atoms with Gasteiger partial charge < -0.3 is 14.5 Å². The fraction of sp³-hybridized carbons (Fsp3) is 0.357. The lowest BCUT2D eigenvalue weighted by Gasteiger charge is -2.41. The molecule has 1 saturated heterocycles. The van der Waals surface area contributed by atoms with Crippen molar-refractivity contribution in [2.24, 2.45) is 0 Å². The van der Waals surface area contributed by atoms with E-state index in [0.717, 1.165) is 24.1 Å². The van der Waals surface area contributed by atoms with Crippen LogP contribution in [-0.2, 0) is 16.0 Å². The Kier molecular flexibility index (Phi) is 7.34. The number of nitrogens with zero attached hydrogens (tertiary/aromatic N) is 3. The topological polar surface area (TPSA) is 53.1 Å². The molecule has 0 saturated carbocycles. The fourth-order valence-corrected chi connectivity index (χ4v) is 6.08. The third-order valence-corrected chi connectivity index (χ3v) is 7.97. The van der Waals surface area contributed by atoms with Crippen molar-refractivity contribution in [2.75, 3.05) is 39.3 Å². The summed E-state index contributed by atoms with van der Waals surface area (Å²) in [5.41, 5.74) is 2.02. The van der Waals surface area contributed by atoms with Gasteiger partial charge in [-0.25, -0.2) is 4.39 Å². The molecular formula is C28H30FN3O3S. The summed E-state index contributed by atoms with van der Waals surface area (Å²) in [6, 6.07) is 17.8. The van der Waals surface area contributed by atoms with Crippen LogP contribution in [0.3, 0.4) is 0 Å². The van der Waals surface area contributed by atoms with Crippen molar-refractivity contribution < 1.29 is 18.7 Å². The monoisotopic (exact) mass is 507 g/mol. The first-order valence-corrected chi connectivity index (χ1v) is 13.2. The zero-order valence-corrected chi connectivity index (χ0v) is 21.1. The Bertz CT molecular complexity index is 1220. The van der Waals surface area contributed by atoms with Gasteiger partial charge in [0.25, 0.3) is 5.91 Å². The largest absolute Gasteiger partial charge is 0.484 e. The molecule has 2 aliphatic heterocycles. The number of hydrogen-bond donors (Lipinski definition) is 0. The lowest BCUT2D eigenvalue weighted by atomic mass is 9.93. The molecule has 2 aliphatic rings. The van der Waals surface area contributed by atoms with Crippen molar-refractivity contribution in [2.45, 2.75) is 25.4 Å². The number of halogens is 1. The van der Waals surface area contributed by atoms with Gasteiger partial charge in [0.2, 0.25) is 5.91 Å². The van der Waals surface area contributed by atoms with E-state index in [1.54, 1.807) is 28.4 Å². The van der Waals surface area contributed by atoms with Crippen LogP contribution >= 0.6 is 11.3 Å². The van der Waals surface area contributed by atoms with Crippen molar-refractivity contribution in [3.05, 3.63) is 87.9 Å². The molecule has 3 heterocycles. The van der Waals surface area contributed by atoms with E-state index in [4.69, 9.17) is 4.74 Å². The SMILES string of the molecule is C[C@H]1CN(C(=O)CN2CCc3sccc3[C@@H]2c2cccc(F)c2)CCN1C(=O)COc1ccccc1. The van der Waals surface area contributed by atoms with Crippen LogP contribution < -0.4 is 4.74 Å². The Hall–Kier alpha value is -3.23. The predicted molar refractivity (Wildman–Crippen MR) is 138 cm³/mol. The number of fused-ring (bicyclic) bond motifs is 1. The van der Waals surface area contributed by atoms with Crippen LogP contribution in [0.1, 0.15) is 29.0 Å². The summed E-state index contributed by atoms with van der Waals surface area (Å²) >= 11 is 1.72. The smallest absolute Gasteiger partial charge is 0.260 e. The number of amides is 2. The van der Waals surface area contributed by atoms with Gasteiger partial charge in [-0.2, -0.15) is 0 Å². The van der Waals surface area contributed by atoms with Crippen LogP contribution in [0.2, 0.25) is 0 Å². The summed E-state index contributed by atoms with van der Waals surface area (Å²) in [5, 5.41) is 2.07. The zero-order valence-electron chi connectivity index (χ0n) is 20.3. The molecule has 0 radical (unpaired) electrons. The second-order valence-electron chi connectivity index (χ2n) is 9.35. The highest BCUT2D eigenvalue weighted by Crippen LogP contribution is 2.37. The number of para-hydroxylation sites is 1. The number of carbonyl (C=O) groups excluding carboxylic acids is 2. The van der Waals surface area contributed by atoms with Crippen LogP contribution in [-0.4, -0.2) is 71.9 Å². The van der Waals surface area contributed by atoms with Crippen LogP contribution in [0.5, 0.6) is 5.75 Å². The molecule has 0 N–H and O–H groups in total. The maximum absolute atomic E-state index is 14.1. The van der Waals surface area contributed by atoms with E-state index >= 15 is 0 Å². The molecule has 0 aliphatic carbocycles. The Morgan fingerprint density at radius 3 is 2.64 bits per heavy atom. The maximum atomic E-state index is 14.1. The van der Waals surface area contributed by atoms with Gasteiger partial charge in [0.1, 0.15) is 11.6 Å². The number of thiophene rings is 1. The third-order valence-electron chi connectivity index (χ3n) is 6.97. The van der Waals surface area contributed by atoms with Crippen LogP contribution in [0.15, 0.2) is 66.0 Å². The molecule has 6 nitrogen and oxygen atoms in total. The Morgan fingerprint density at radius 1 is 1.03 bits per heavy atom. The highest BCUT2D eigenvalue weighted by Gasteiger charge is 2.34. The van der Waals surface area contributed by atoms with E-state index in [2.05, 4.69) is 16.3 Å². The van der Waals surface area contributed by atoms with Crippen molar-refractivity contribution in [1.29, 1.82) is 0 Å². The highest BCUT2D eigenvalue weighted by atomic mass is 32.1. The summed E-state index contributed by atoms with van der Waals surface area (Å²) < 4.78 is 19.7. The van der Waals surface area contributed by atoms with Gasteiger partial charge in [0.05, 0.1) is 12.6 Å². The summed E-state index contributed by atoms with van der Waals surface area (Å²) in [5.74, 6) is 0.350. The van der Waals surface area contributed by atoms with Crippen LogP contribution in [0.4, 0.5) is 4.39 Å². The van der Waals surface area contributed by atoms with Crippen molar-refractivity contribution >= 4 is 23.2 Å². The lowest BCUT2D eigenvalue weighted by Crippen LogP contribution is -2.57. The molecule has 1 aromatic heterocycles. The summed E-state index contributed by atoms with van der Waals surface area (Å²) in [4.78, 5) is 33.2. The summed E-state index contributed by atoms with van der Waals surface area (Å²) in [6.07, 6.45) is 0.881. The number of hydrogen-bond acceptors (Lipinski definition) is 5. The van der Waals surface area contributed by atoms with Crippen LogP contribution in [0, 0.1) is 5.82 Å². The van der Waals surface area contributed by atoms with Gasteiger partial charge in [-0.05, 0) is 60.2 Å². The standard InChI is InChI=1S/C28H30FN3O3S/c1-20-17-30(13-14-32(20)27(34)19-35-23-8-3-2-4-9-23)26(33)18-31-12-10-25-24(11-15-36-25)28(31)21-6-5-7-22(29)16-21/h2-9,11,15-16,20,28H,10,12-14,17-19H2,1H3/t20-,28-/m0/s1. The minimum atomic E-state index is -0.271. The second kappa shape index (κ2) is 10.8. The van der Waals surface area contributed by atoms with Gasteiger partial charge >= 0.3 is 0 Å². The molecule has 2 atom stereocenters. The molecule has 2 aromatic carbocycles. The highest BCUT2D eigenvalue weighted by molar-refractivity contribution is 7.10. The summed E-state index contributed by atoms with van der Waals surface area (Å²) in [6.45, 7) is 4.40. The number of rotatable bonds is 6. The minimum absolute atomic E-state index is 0.0195. The number of benzene rings is 2. The van der Waals surface area contributed by atoms with Gasteiger partial charge in [-0.1, -0.05) is 30.3 Å². The number of ether oxygens (including phenoxy) is 1. The van der Waals surface area contributed by atoms with E-state index in [1.165, 1.54) is 10.9 Å². The Morgan fingerprint density at radius 2 is 1.86 bits per heavy atom. The first-order valence-electron chi connectivity index (χ1n) is 12.3. The molecule has 5 rings (SSSR count). The molecule has 188 valence electrons. The second-order valence-corrected chi connectivity index (χ2v) is 10.4. The van der Waals surface area contributed by atoms with E-state index < -0.39 is 0 Å². The maximum Gasteiger partial charge on any atom is 0.260 e. The number of piperazine rings is 1. The fourth-order valence-electron chi connectivity index (χ4n) is 5.18. The molecule has 8 heteroatoms. The van der Waals surface area contributed by atoms with Crippen molar-refractivity contribution in [3.8, 4) is 5.75 Å². The van der Waals surface area contributed by atoms with Gasteiger partial charge in [0, 0.05) is 37.1 Å². The minimum Gasteiger partial charge on any atom is -0.484 e. The van der Waals surface area contributed by atoms with Gasteiger partial charge in [0.15, 0.2) is 6.61 Å². The third kappa shape index (κ3) is 5.29. The van der Waals surface area contributed by atoms with Crippen molar-refractivity contribution in [3.63, 3.8) is 0 Å². The van der Waals surface area contributed by atoms with E-state index in [0.29, 0.717) is 25.4 Å². The summed E-state index contributed by atoms with van der Waals surface area (Å²) in [7, 11) is 0. The first kappa shape index (κ1) is 24.5. The van der Waals surface area contributed by atoms with E-state index in [1.807, 2.05) is 48.2 Å². The average molecular weight is 508 g/mol. The normalized spacial score (nSPS) is 20.2. The van der Waals surface area contributed by atoms with E-state index in [9.17, 15) is 14.0 Å². The van der Waals surface area contributed by atoms with Gasteiger partial charge in [-0.3, -0.25) is 14.5 Å². The molecule has 2 amide bonds. The Labute approximate surface area is 214 Å². The van der Waals surface area contributed by atoms with Gasteiger partial charge in [-0.15, -0.1) is 11.3 Å². The average Bonchev–Trinajstić information content (AvgIpc) is 3.36. The lowest BCUT2D eigenvalue weighted by molar-refractivity contribution is -0.144. The molecule has 0 unspecified atom stereocenters. The number of carbonyl (C=O) groups is 2. The molecule has 1 fully saturated rings. The Balaban J connectivity index is 1.21. The van der Waals surface area contributed by atoms with Crippen LogP contribution in [0.25, 0.3) is 0 Å². The molecular weight excluding hydrogens is 477 g/mol. The van der Waals surface area contributed by atoms with Crippen molar-refractivity contribution in [1.82, 2.24) is 14.7 Å². The first-order chi connectivity index (χ1) is 17.5. The van der Waals surface area contributed by atoms with E-state index in [-0.39, 0.29) is 42.9 Å². The predicted octanol–water partition coefficient (Wildman–Crippen LogP) is 3.97. The molecule has 0 bridgehead atoms.